The molecule has 7 heteroatoms. The second-order valence-corrected chi connectivity index (χ2v) is 4.12. The van der Waals surface area contributed by atoms with Gasteiger partial charge >= 0.3 is 0 Å². The Bertz CT molecular complexity index is 391. The monoisotopic (exact) mass is 255 g/mol. The number of likely N-dealkylation sites (N-methyl/N-ethyl adjacent to an activating group) is 1. The van der Waals surface area contributed by atoms with Crippen LogP contribution in [0.5, 0.6) is 0 Å². The predicted octanol–water partition coefficient (Wildman–Crippen LogP) is -0.690. The molecule has 0 aromatic carbocycles. The molecule has 102 valence electrons. The summed E-state index contributed by atoms with van der Waals surface area (Å²) in [4.78, 5) is 13.9. The fraction of sp³-hybridized carbons (Fsp3) is 0.636. The summed E-state index contributed by atoms with van der Waals surface area (Å²) < 4.78 is 6.44. The molecule has 0 radical (unpaired) electrons. The summed E-state index contributed by atoms with van der Waals surface area (Å²) in [5.74, 6) is 0.181. The molecule has 1 heterocycles. The maximum absolute atomic E-state index is 11.8. The highest BCUT2D eigenvalue weighted by atomic mass is 16.5. The number of ether oxygens (including phenoxy) is 1. The molecule has 1 aromatic heterocycles. The third-order valence-electron chi connectivity index (χ3n) is 2.69. The van der Waals surface area contributed by atoms with Crippen molar-refractivity contribution in [3.63, 3.8) is 0 Å². The van der Waals surface area contributed by atoms with Gasteiger partial charge in [-0.15, -0.1) is 0 Å². The predicted molar refractivity (Wildman–Crippen MR) is 69.3 cm³/mol. The summed E-state index contributed by atoms with van der Waals surface area (Å²) in [5, 5.41) is 6.73. The number of carbonyl (C=O) groups excluding carboxylic acids is 1. The Morgan fingerprint density at radius 2 is 2.33 bits per heavy atom. The SMILES string of the molecule is COCCN(C)CCNC(=O)c1cnn(C)c1N. The normalized spacial score (nSPS) is 10.9. The van der Waals surface area contributed by atoms with Crippen LogP contribution < -0.4 is 11.1 Å². The number of anilines is 1. The van der Waals surface area contributed by atoms with Gasteiger partial charge < -0.3 is 20.7 Å². The van der Waals surface area contributed by atoms with Gasteiger partial charge in [0.2, 0.25) is 0 Å². The Morgan fingerprint density at radius 1 is 1.61 bits per heavy atom. The van der Waals surface area contributed by atoms with Crippen molar-refractivity contribution in [1.82, 2.24) is 20.0 Å². The summed E-state index contributed by atoms with van der Waals surface area (Å²) in [7, 11) is 5.34. The minimum atomic E-state index is -0.194. The van der Waals surface area contributed by atoms with E-state index in [1.807, 2.05) is 7.05 Å². The molecule has 1 amide bonds. The van der Waals surface area contributed by atoms with Crippen LogP contribution in [0.25, 0.3) is 0 Å². The largest absolute Gasteiger partial charge is 0.383 e. The van der Waals surface area contributed by atoms with Gasteiger partial charge in [0, 0.05) is 33.8 Å². The number of hydrogen-bond donors (Lipinski definition) is 2. The summed E-state index contributed by atoms with van der Waals surface area (Å²) >= 11 is 0. The lowest BCUT2D eigenvalue weighted by atomic mass is 10.3. The number of amides is 1. The fourth-order valence-electron chi connectivity index (χ4n) is 1.44. The average molecular weight is 255 g/mol. The van der Waals surface area contributed by atoms with Gasteiger partial charge in [-0.05, 0) is 7.05 Å². The minimum Gasteiger partial charge on any atom is -0.383 e. The van der Waals surface area contributed by atoms with Crippen molar-refractivity contribution in [3.05, 3.63) is 11.8 Å². The maximum Gasteiger partial charge on any atom is 0.256 e. The van der Waals surface area contributed by atoms with E-state index in [1.165, 1.54) is 10.9 Å². The summed E-state index contributed by atoms with van der Waals surface area (Å²) in [6.45, 7) is 2.84. The Labute approximate surface area is 107 Å². The second kappa shape index (κ2) is 6.97. The molecule has 0 atom stereocenters. The molecule has 1 rings (SSSR count). The van der Waals surface area contributed by atoms with Gasteiger partial charge in [0.1, 0.15) is 11.4 Å². The van der Waals surface area contributed by atoms with Crippen molar-refractivity contribution in [2.75, 3.05) is 46.1 Å². The van der Waals surface area contributed by atoms with Gasteiger partial charge in [0.15, 0.2) is 0 Å². The number of aromatic nitrogens is 2. The van der Waals surface area contributed by atoms with Crippen LogP contribution in [0.2, 0.25) is 0 Å². The number of nitrogen functional groups attached to an aromatic ring is 1. The van der Waals surface area contributed by atoms with Gasteiger partial charge in [-0.1, -0.05) is 0 Å². The first-order valence-corrected chi connectivity index (χ1v) is 5.79. The van der Waals surface area contributed by atoms with Crippen LogP contribution in [0.4, 0.5) is 5.82 Å². The first-order valence-electron chi connectivity index (χ1n) is 5.79. The third-order valence-corrected chi connectivity index (χ3v) is 2.69. The lowest BCUT2D eigenvalue weighted by Crippen LogP contribution is -2.34. The molecular formula is C11H21N5O2. The standard InChI is InChI=1S/C11H21N5O2/c1-15(6-7-18-3)5-4-13-11(17)9-8-14-16(2)10(9)12/h8H,4-7,12H2,1-3H3,(H,13,17). The Hall–Kier alpha value is -1.60. The highest BCUT2D eigenvalue weighted by molar-refractivity contribution is 5.98. The average Bonchev–Trinajstić information content (AvgIpc) is 2.67. The van der Waals surface area contributed by atoms with Crippen molar-refractivity contribution >= 4 is 11.7 Å². The Balaban J connectivity index is 2.31. The van der Waals surface area contributed by atoms with Crippen LogP contribution in [0.3, 0.4) is 0 Å². The molecular weight excluding hydrogens is 234 g/mol. The molecule has 0 unspecified atom stereocenters. The van der Waals surface area contributed by atoms with Crippen molar-refractivity contribution in [3.8, 4) is 0 Å². The lowest BCUT2D eigenvalue weighted by molar-refractivity contribution is 0.0948. The van der Waals surface area contributed by atoms with Gasteiger partial charge in [-0.25, -0.2) is 0 Å². The zero-order valence-electron chi connectivity index (χ0n) is 11.1. The third kappa shape index (κ3) is 4.01. The van der Waals surface area contributed by atoms with Gasteiger partial charge in [-0.3, -0.25) is 9.48 Å². The number of nitrogens with one attached hydrogen (secondary N) is 1. The molecule has 7 nitrogen and oxygen atoms in total. The zero-order valence-corrected chi connectivity index (χ0v) is 11.1. The maximum atomic E-state index is 11.8. The molecule has 0 aliphatic carbocycles. The molecule has 18 heavy (non-hydrogen) atoms. The molecule has 0 saturated carbocycles. The van der Waals surface area contributed by atoms with Gasteiger partial charge in [0.25, 0.3) is 5.91 Å². The number of methoxy groups -OCH3 is 1. The van der Waals surface area contributed by atoms with E-state index in [1.54, 1.807) is 14.2 Å². The molecule has 1 aromatic rings. The summed E-state index contributed by atoms with van der Waals surface area (Å²) in [6, 6.07) is 0. The molecule has 3 N–H and O–H groups in total. The van der Waals surface area contributed by atoms with Crippen LogP contribution in [-0.4, -0.2) is 61.0 Å². The van der Waals surface area contributed by atoms with Crippen molar-refractivity contribution in [2.45, 2.75) is 0 Å². The smallest absolute Gasteiger partial charge is 0.256 e. The van der Waals surface area contributed by atoms with Crippen molar-refractivity contribution in [1.29, 1.82) is 0 Å². The van der Waals surface area contributed by atoms with E-state index in [4.69, 9.17) is 10.5 Å². The minimum absolute atomic E-state index is 0.194. The quantitative estimate of drug-likeness (QED) is 0.673. The fourth-order valence-corrected chi connectivity index (χ4v) is 1.44. The van der Waals surface area contributed by atoms with E-state index in [9.17, 15) is 4.79 Å². The Morgan fingerprint density at radius 3 is 2.89 bits per heavy atom. The van der Waals surface area contributed by atoms with Gasteiger partial charge in [0.05, 0.1) is 12.8 Å². The zero-order chi connectivity index (χ0) is 13.5. The van der Waals surface area contributed by atoms with E-state index in [0.29, 0.717) is 24.5 Å². The van der Waals surface area contributed by atoms with E-state index >= 15 is 0 Å². The first-order chi connectivity index (χ1) is 8.56. The molecule has 0 bridgehead atoms. The topological polar surface area (TPSA) is 85.4 Å². The molecule has 0 saturated heterocycles. The highest BCUT2D eigenvalue weighted by Crippen LogP contribution is 2.08. The van der Waals surface area contributed by atoms with E-state index in [-0.39, 0.29) is 5.91 Å². The van der Waals surface area contributed by atoms with Crippen LogP contribution in [0, 0.1) is 0 Å². The number of aryl methyl sites for hydroxylation is 1. The molecule has 0 spiro atoms. The lowest BCUT2D eigenvalue weighted by Gasteiger charge is -2.16. The van der Waals surface area contributed by atoms with Crippen LogP contribution >= 0.6 is 0 Å². The molecule has 0 fully saturated rings. The Kier molecular flexibility index (Phi) is 5.60. The van der Waals surface area contributed by atoms with Crippen LogP contribution in [-0.2, 0) is 11.8 Å². The highest BCUT2D eigenvalue weighted by Gasteiger charge is 2.12. The van der Waals surface area contributed by atoms with Crippen LogP contribution in [0.15, 0.2) is 6.20 Å². The van der Waals surface area contributed by atoms with E-state index in [2.05, 4.69) is 15.3 Å². The second-order valence-electron chi connectivity index (χ2n) is 4.12. The first kappa shape index (κ1) is 14.5. The number of nitrogens with zero attached hydrogens (tertiary/aromatic N) is 3. The number of carbonyl (C=O) groups is 1. The van der Waals surface area contributed by atoms with Crippen LogP contribution in [0.1, 0.15) is 10.4 Å². The number of rotatable bonds is 7. The number of nitrogens with two attached hydrogens (primary N) is 1. The van der Waals surface area contributed by atoms with Gasteiger partial charge in [-0.2, -0.15) is 5.10 Å². The van der Waals surface area contributed by atoms with E-state index < -0.39 is 0 Å². The summed E-state index contributed by atoms with van der Waals surface area (Å²) in [5.41, 5.74) is 6.13. The molecule has 0 aliphatic heterocycles. The van der Waals surface area contributed by atoms with Crippen molar-refractivity contribution < 1.29 is 9.53 Å². The summed E-state index contributed by atoms with van der Waals surface area (Å²) in [6.07, 6.45) is 1.47. The van der Waals surface area contributed by atoms with Crippen molar-refractivity contribution in [2.24, 2.45) is 7.05 Å². The van der Waals surface area contributed by atoms with E-state index in [0.717, 1.165) is 13.1 Å². The molecule has 0 aliphatic rings. The number of hydrogen-bond acceptors (Lipinski definition) is 5.